The molecule has 6 heteroatoms. The quantitative estimate of drug-likeness (QED) is 0.414. The number of fused-ring (bicyclic) bond motifs is 1. The number of pyridine rings is 1. The summed E-state index contributed by atoms with van der Waals surface area (Å²) < 4.78 is 6.16. The van der Waals surface area contributed by atoms with Gasteiger partial charge in [0.2, 0.25) is 0 Å². The van der Waals surface area contributed by atoms with Crippen LogP contribution in [-0.4, -0.2) is 64.6 Å². The first-order valence-electron chi connectivity index (χ1n) is 12.0. The van der Waals surface area contributed by atoms with Gasteiger partial charge in [-0.05, 0) is 63.3 Å². The first kappa shape index (κ1) is 22.4. The molecule has 174 valence electrons. The van der Waals surface area contributed by atoms with Crippen molar-refractivity contribution in [2.45, 2.75) is 19.9 Å². The Morgan fingerprint density at radius 1 is 0.882 bits per heavy atom. The minimum absolute atomic E-state index is 0.594. The molecule has 0 saturated carbocycles. The molecule has 1 saturated heterocycles. The molecule has 1 aliphatic rings. The van der Waals surface area contributed by atoms with Crippen LogP contribution < -0.4 is 4.74 Å². The van der Waals surface area contributed by atoms with Gasteiger partial charge in [0.05, 0.1) is 17.8 Å². The van der Waals surface area contributed by atoms with E-state index in [0.717, 1.165) is 77.3 Å². The van der Waals surface area contributed by atoms with Crippen molar-refractivity contribution < 1.29 is 4.74 Å². The first-order valence-corrected chi connectivity index (χ1v) is 12.0. The predicted molar refractivity (Wildman–Crippen MR) is 137 cm³/mol. The van der Waals surface area contributed by atoms with E-state index in [2.05, 4.69) is 75.3 Å². The van der Waals surface area contributed by atoms with Gasteiger partial charge in [-0.1, -0.05) is 24.3 Å². The second-order valence-corrected chi connectivity index (χ2v) is 8.88. The summed E-state index contributed by atoms with van der Waals surface area (Å²) in [6, 6.07) is 17.0. The molecule has 0 radical (unpaired) electrons. The molecule has 0 atom stereocenters. The van der Waals surface area contributed by atoms with Gasteiger partial charge in [-0.25, -0.2) is 9.97 Å². The summed E-state index contributed by atoms with van der Waals surface area (Å²) in [5, 5.41) is 1.14. The highest BCUT2D eigenvalue weighted by Gasteiger charge is 2.19. The van der Waals surface area contributed by atoms with Crippen LogP contribution in [0.3, 0.4) is 0 Å². The molecule has 0 spiro atoms. The molecule has 0 amide bonds. The molecule has 0 unspecified atom stereocenters. The number of hydrogen-bond donors (Lipinski definition) is 0. The Morgan fingerprint density at radius 2 is 1.74 bits per heavy atom. The summed E-state index contributed by atoms with van der Waals surface area (Å²) >= 11 is 0. The van der Waals surface area contributed by atoms with E-state index in [1.54, 1.807) is 6.33 Å². The Kier molecular flexibility index (Phi) is 6.79. The lowest BCUT2D eigenvalue weighted by molar-refractivity contribution is 0.267. The van der Waals surface area contributed by atoms with Crippen LogP contribution in [0.5, 0.6) is 5.75 Å². The third kappa shape index (κ3) is 4.93. The minimum Gasteiger partial charge on any atom is -0.493 e. The van der Waals surface area contributed by atoms with Gasteiger partial charge in [-0.2, -0.15) is 0 Å². The van der Waals surface area contributed by atoms with Crippen molar-refractivity contribution in [3.8, 4) is 28.0 Å². The van der Waals surface area contributed by atoms with Crippen molar-refractivity contribution >= 4 is 10.9 Å². The molecule has 0 aliphatic carbocycles. The van der Waals surface area contributed by atoms with Crippen LogP contribution in [-0.2, 0) is 6.54 Å². The second-order valence-electron chi connectivity index (χ2n) is 8.88. The first-order chi connectivity index (χ1) is 16.7. The Balaban J connectivity index is 1.59. The monoisotopic (exact) mass is 453 g/mol. The molecule has 0 bridgehead atoms. The van der Waals surface area contributed by atoms with Gasteiger partial charge >= 0.3 is 0 Å². The number of benzene rings is 2. The van der Waals surface area contributed by atoms with Gasteiger partial charge in [0.1, 0.15) is 12.1 Å². The van der Waals surface area contributed by atoms with E-state index in [1.165, 1.54) is 6.42 Å². The fourth-order valence-corrected chi connectivity index (χ4v) is 4.63. The van der Waals surface area contributed by atoms with Crippen molar-refractivity contribution in [3.63, 3.8) is 0 Å². The second kappa shape index (κ2) is 10.3. The summed E-state index contributed by atoms with van der Waals surface area (Å²) in [4.78, 5) is 18.4. The van der Waals surface area contributed by atoms with Crippen molar-refractivity contribution in [1.82, 2.24) is 24.8 Å². The molecule has 34 heavy (non-hydrogen) atoms. The summed E-state index contributed by atoms with van der Waals surface area (Å²) in [5.74, 6) is 0.859. The van der Waals surface area contributed by atoms with Crippen molar-refractivity contribution in [3.05, 3.63) is 72.9 Å². The van der Waals surface area contributed by atoms with E-state index in [9.17, 15) is 0 Å². The van der Waals surface area contributed by atoms with E-state index in [0.29, 0.717) is 6.61 Å². The fraction of sp³-hybridized carbons (Fsp3) is 0.321. The Bertz CT molecular complexity index is 1260. The largest absolute Gasteiger partial charge is 0.493 e. The number of ether oxygens (including phenoxy) is 1. The summed E-state index contributed by atoms with van der Waals surface area (Å²) in [7, 11) is 2.21. The molecule has 5 rings (SSSR count). The number of aromatic nitrogens is 3. The fourth-order valence-electron chi connectivity index (χ4n) is 4.63. The van der Waals surface area contributed by atoms with E-state index < -0.39 is 0 Å². The molecule has 0 N–H and O–H groups in total. The zero-order chi connectivity index (χ0) is 23.3. The van der Waals surface area contributed by atoms with E-state index in [4.69, 9.17) is 9.72 Å². The van der Waals surface area contributed by atoms with Crippen LogP contribution >= 0.6 is 0 Å². The van der Waals surface area contributed by atoms with Crippen LogP contribution in [0.4, 0.5) is 0 Å². The number of rotatable bonds is 6. The van der Waals surface area contributed by atoms with Crippen molar-refractivity contribution in [1.29, 1.82) is 0 Å². The molecule has 2 aromatic carbocycles. The number of likely N-dealkylation sites (N-methyl/N-ethyl adjacent to an activating group) is 1. The molecule has 4 aromatic rings. The van der Waals surface area contributed by atoms with Gasteiger partial charge in [0, 0.05) is 54.1 Å². The van der Waals surface area contributed by atoms with Gasteiger partial charge in [-0.15, -0.1) is 0 Å². The summed E-state index contributed by atoms with van der Waals surface area (Å²) in [6.07, 6.45) is 6.39. The Morgan fingerprint density at radius 3 is 2.59 bits per heavy atom. The lowest BCUT2D eigenvalue weighted by Gasteiger charge is -2.22. The maximum atomic E-state index is 6.16. The zero-order valence-electron chi connectivity index (χ0n) is 19.9. The van der Waals surface area contributed by atoms with Crippen LogP contribution in [0.1, 0.15) is 19.0 Å². The number of nitrogens with zero attached hydrogens (tertiary/aromatic N) is 5. The molecule has 6 nitrogen and oxygen atoms in total. The average Bonchev–Trinajstić information content (AvgIpc) is 3.08. The van der Waals surface area contributed by atoms with Gasteiger partial charge in [0.25, 0.3) is 0 Å². The summed E-state index contributed by atoms with van der Waals surface area (Å²) in [6.45, 7) is 7.81. The van der Waals surface area contributed by atoms with E-state index in [1.807, 2.05) is 19.3 Å². The van der Waals surface area contributed by atoms with Crippen LogP contribution in [0, 0.1) is 0 Å². The van der Waals surface area contributed by atoms with Crippen LogP contribution in [0.25, 0.3) is 33.2 Å². The SMILES string of the molecule is CCOc1cc(-c2cncnc2)ccc1-c1cc2ccccc2nc1CN1CCCN(C)CC1. The number of hydrogen-bond acceptors (Lipinski definition) is 6. The molecule has 1 fully saturated rings. The van der Waals surface area contributed by atoms with Crippen molar-refractivity contribution in [2.24, 2.45) is 0 Å². The normalized spacial score (nSPS) is 15.4. The van der Waals surface area contributed by atoms with Gasteiger partial charge < -0.3 is 9.64 Å². The third-order valence-electron chi connectivity index (χ3n) is 6.45. The molecule has 1 aliphatic heterocycles. The standard InChI is InChI=1S/C28H31N5O/c1-3-34-28-16-21(23-17-29-20-30-18-23)9-10-24(28)25-15-22-7-4-5-8-26(22)31-27(25)19-33-12-6-11-32(2)13-14-33/h4-5,7-10,15-18,20H,3,6,11-14,19H2,1-2H3. The molecule has 2 aromatic heterocycles. The maximum Gasteiger partial charge on any atom is 0.127 e. The topological polar surface area (TPSA) is 54.4 Å². The highest BCUT2D eigenvalue weighted by molar-refractivity contribution is 5.87. The molecular formula is C28H31N5O. The highest BCUT2D eigenvalue weighted by Crippen LogP contribution is 2.37. The number of para-hydroxylation sites is 1. The third-order valence-corrected chi connectivity index (χ3v) is 6.45. The lowest BCUT2D eigenvalue weighted by atomic mass is 9.97. The summed E-state index contributed by atoms with van der Waals surface area (Å²) in [5.41, 5.74) is 6.35. The highest BCUT2D eigenvalue weighted by atomic mass is 16.5. The minimum atomic E-state index is 0.594. The van der Waals surface area contributed by atoms with E-state index >= 15 is 0 Å². The Hall–Kier alpha value is -3.35. The predicted octanol–water partition coefficient (Wildman–Crippen LogP) is 4.90. The van der Waals surface area contributed by atoms with Crippen LogP contribution in [0.15, 0.2) is 67.3 Å². The van der Waals surface area contributed by atoms with Gasteiger partial charge in [-0.3, -0.25) is 9.88 Å². The molecule has 3 heterocycles. The average molecular weight is 454 g/mol. The lowest BCUT2D eigenvalue weighted by Crippen LogP contribution is -2.29. The van der Waals surface area contributed by atoms with Crippen LogP contribution in [0.2, 0.25) is 0 Å². The van der Waals surface area contributed by atoms with Crippen molar-refractivity contribution in [2.75, 3.05) is 39.8 Å². The maximum absolute atomic E-state index is 6.16. The van der Waals surface area contributed by atoms with E-state index in [-0.39, 0.29) is 0 Å². The zero-order valence-corrected chi connectivity index (χ0v) is 19.9. The Labute approximate surface area is 201 Å². The molecular weight excluding hydrogens is 422 g/mol. The smallest absolute Gasteiger partial charge is 0.127 e. The van der Waals surface area contributed by atoms with Gasteiger partial charge in [0.15, 0.2) is 0 Å².